The Morgan fingerprint density at radius 1 is 1.26 bits per heavy atom. The molecule has 0 spiro atoms. The third-order valence-corrected chi connectivity index (χ3v) is 3.37. The summed E-state index contributed by atoms with van der Waals surface area (Å²) in [6.07, 6.45) is 0.127. The van der Waals surface area contributed by atoms with Crippen LogP contribution in [0.5, 0.6) is 0 Å². The summed E-state index contributed by atoms with van der Waals surface area (Å²) in [6, 6.07) is 11.6. The Morgan fingerprint density at radius 2 is 1.91 bits per heavy atom. The Morgan fingerprint density at radius 3 is 2.43 bits per heavy atom. The zero-order valence-electron chi connectivity index (χ0n) is 12.9. The van der Waals surface area contributed by atoms with Crippen LogP contribution in [0.25, 0.3) is 0 Å². The van der Waals surface area contributed by atoms with E-state index in [2.05, 4.69) is 5.32 Å². The molecule has 0 saturated carbocycles. The average Bonchev–Trinajstić information content (AvgIpc) is 2.48. The van der Waals surface area contributed by atoms with Crippen LogP contribution in [0, 0.1) is 10.1 Å². The van der Waals surface area contributed by atoms with Crippen molar-refractivity contribution in [3.8, 4) is 0 Å². The number of nitrogens with one attached hydrogen (secondary N) is 1. The fraction of sp³-hybridized carbons (Fsp3) is 0.235. The second-order valence-electron chi connectivity index (χ2n) is 5.42. The molecule has 0 bridgehead atoms. The maximum Gasteiger partial charge on any atom is 0.293 e. The fourth-order valence-corrected chi connectivity index (χ4v) is 2.23. The molecule has 6 heteroatoms. The highest BCUT2D eigenvalue weighted by atomic mass is 16.6. The Balaban J connectivity index is 2.25. The van der Waals surface area contributed by atoms with E-state index in [4.69, 9.17) is 0 Å². The van der Waals surface area contributed by atoms with Gasteiger partial charge in [0.15, 0.2) is 5.78 Å². The molecule has 1 atom stereocenters. The van der Waals surface area contributed by atoms with E-state index in [0.717, 1.165) is 5.56 Å². The standard InChI is InChI=1S/C17H18N2O4/c1-11(20)9-13-3-6-15(7-4-13)18-16-8-5-14(12(2)21)10-17(16)19(22)23/h3-8,10-11,18,20H,9H2,1-2H3. The molecule has 0 saturated heterocycles. The van der Waals surface area contributed by atoms with E-state index in [9.17, 15) is 20.0 Å². The van der Waals surface area contributed by atoms with Gasteiger partial charge in [0.05, 0.1) is 11.0 Å². The van der Waals surface area contributed by atoms with Crippen LogP contribution in [-0.2, 0) is 6.42 Å². The van der Waals surface area contributed by atoms with Gasteiger partial charge in [0, 0.05) is 17.3 Å². The number of carbonyl (C=O) groups excluding carboxylic acids is 1. The number of rotatable bonds is 6. The van der Waals surface area contributed by atoms with Crippen molar-refractivity contribution < 1.29 is 14.8 Å². The van der Waals surface area contributed by atoms with Crippen molar-refractivity contribution in [2.75, 3.05) is 5.32 Å². The number of aliphatic hydroxyl groups is 1. The third kappa shape index (κ3) is 4.37. The Labute approximate surface area is 133 Å². The van der Waals surface area contributed by atoms with Crippen molar-refractivity contribution in [3.05, 3.63) is 63.7 Å². The van der Waals surface area contributed by atoms with Crippen molar-refractivity contribution in [1.29, 1.82) is 0 Å². The summed E-state index contributed by atoms with van der Waals surface area (Å²) in [7, 11) is 0. The van der Waals surface area contributed by atoms with Gasteiger partial charge in [0.2, 0.25) is 0 Å². The van der Waals surface area contributed by atoms with E-state index in [1.165, 1.54) is 19.1 Å². The van der Waals surface area contributed by atoms with Gasteiger partial charge in [-0.3, -0.25) is 14.9 Å². The van der Waals surface area contributed by atoms with Crippen molar-refractivity contribution in [1.82, 2.24) is 0 Å². The van der Waals surface area contributed by atoms with E-state index < -0.39 is 11.0 Å². The van der Waals surface area contributed by atoms with E-state index in [0.29, 0.717) is 23.4 Å². The molecule has 0 aliphatic heterocycles. The zero-order chi connectivity index (χ0) is 17.0. The van der Waals surface area contributed by atoms with Gasteiger partial charge in [-0.2, -0.15) is 0 Å². The molecule has 6 nitrogen and oxygen atoms in total. The minimum absolute atomic E-state index is 0.147. The highest BCUT2D eigenvalue weighted by Gasteiger charge is 2.16. The summed E-state index contributed by atoms with van der Waals surface area (Å²) in [6.45, 7) is 3.08. The third-order valence-electron chi connectivity index (χ3n) is 3.37. The molecular weight excluding hydrogens is 296 g/mol. The Hall–Kier alpha value is -2.73. The molecule has 0 aromatic heterocycles. The molecular formula is C17H18N2O4. The van der Waals surface area contributed by atoms with Gasteiger partial charge in [0.25, 0.3) is 5.69 Å². The molecule has 0 radical (unpaired) electrons. The number of aliphatic hydroxyl groups excluding tert-OH is 1. The number of anilines is 2. The maximum absolute atomic E-state index is 11.4. The Bertz CT molecular complexity index is 724. The van der Waals surface area contributed by atoms with E-state index in [1.807, 2.05) is 12.1 Å². The molecule has 0 fully saturated rings. The molecule has 1 unspecified atom stereocenters. The van der Waals surface area contributed by atoms with Gasteiger partial charge < -0.3 is 10.4 Å². The van der Waals surface area contributed by atoms with Gasteiger partial charge in [-0.1, -0.05) is 12.1 Å². The highest BCUT2D eigenvalue weighted by molar-refractivity contribution is 5.95. The van der Waals surface area contributed by atoms with Crippen LogP contribution in [0.1, 0.15) is 29.8 Å². The quantitative estimate of drug-likeness (QED) is 0.484. The summed E-state index contributed by atoms with van der Waals surface area (Å²) in [4.78, 5) is 22.0. The smallest absolute Gasteiger partial charge is 0.293 e. The first-order valence-corrected chi connectivity index (χ1v) is 7.20. The van der Waals surface area contributed by atoms with Crippen LogP contribution < -0.4 is 5.32 Å². The molecule has 120 valence electrons. The number of hydrogen-bond donors (Lipinski definition) is 2. The van der Waals surface area contributed by atoms with Crippen LogP contribution in [-0.4, -0.2) is 21.9 Å². The maximum atomic E-state index is 11.4. The van der Waals surface area contributed by atoms with Gasteiger partial charge in [-0.05, 0) is 50.1 Å². The molecule has 0 amide bonds. The number of nitro groups is 1. The molecule has 2 rings (SSSR count). The minimum Gasteiger partial charge on any atom is -0.393 e. The van der Waals surface area contributed by atoms with Crippen LogP contribution in [0.2, 0.25) is 0 Å². The predicted octanol–water partition coefficient (Wildman–Crippen LogP) is 3.46. The summed E-state index contributed by atoms with van der Waals surface area (Å²) in [5.41, 5.74) is 2.15. The van der Waals surface area contributed by atoms with Crippen molar-refractivity contribution >= 4 is 22.8 Å². The molecule has 0 aliphatic carbocycles. The van der Waals surface area contributed by atoms with E-state index in [1.54, 1.807) is 25.1 Å². The van der Waals surface area contributed by atoms with Crippen LogP contribution in [0.4, 0.5) is 17.1 Å². The monoisotopic (exact) mass is 314 g/mol. The summed E-state index contributed by atoms with van der Waals surface area (Å²) < 4.78 is 0. The van der Waals surface area contributed by atoms with Crippen LogP contribution >= 0.6 is 0 Å². The summed E-state index contributed by atoms with van der Waals surface area (Å²) in [5.74, 6) is -0.220. The minimum atomic E-state index is -0.517. The topological polar surface area (TPSA) is 92.5 Å². The lowest BCUT2D eigenvalue weighted by molar-refractivity contribution is -0.383. The number of benzene rings is 2. The average molecular weight is 314 g/mol. The Kier molecular flexibility index (Phi) is 5.08. The van der Waals surface area contributed by atoms with Gasteiger partial charge in [-0.25, -0.2) is 0 Å². The van der Waals surface area contributed by atoms with Crippen LogP contribution in [0.15, 0.2) is 42.5 Å². The van der Waals surface area contributed by atoms with Crippen molar-refractivity contribution in [2.24, 2.45) is 0 Å². The molecule has 2 aromatic rings. The molecule has 0 aliphatic rings. The number of nitro benzene ring substituents is 1. The summed E-state index contributed by atoms with van der Waals surface area (Å²) >= 11 is 0. The lowest BCUT2D eigenvalue weighted by Crippen LogP contribution is -2.04. The molecule has 2 aromatic carbocycles. The number of carbonyl (C=O) groups is 1. The van der Waals surface area contributed by atoms with Gasteiger partial charge >= 0.3 is 0 Å². The van der Waals surface area contributed by atoms with Crippen molar-refractivity contribution in [3.63, 3.8) is 0 Å². The first-order valence-electron chi connectivity index (χ1n) is 7.20. The largest absolute Gasteiger partial charge is 0.393 e. The number of Topliss-reactive ketones (excluding diaryl/α,β-unsaturated/α-hetero) is 1. The first kappa shape index (κ1) is 16.6. The predicted molar refractivity (Wildman–Crippen MR) is 88.2 cm³/mol. The first-order chi connectivity index (χ1) is 10.9. The lowest BCUT2D eigenvalue weighted by atomic mass is 10.1. The lowest BCUT2D eigenvalue weighted by Gasteiger charge is -2.09. The van der Waals surface area contributed by atoms with Gasteiger partial charge in [0.1, 0.15) is 5.69 Å². The van der Waals surface area contributed by atoms with E-state index >= 15 is 0 Å². The normalized spacial score (nSPS) is 11.8. The SMILES string of the molecule is CC(=O)c1ccc(Nc2ccc(CC(C)O)cc2)c([N+](=O)[O-])c1. The molecule has 2 N–H and O–H groups in total. The summed E-state index contributed by atoms with van der Waals surface area (Å²) in [5, 5.41) is 23.5. The molecule has 23 heavy (non-hydrogen) atoms. The highest BCUT2D eigenvalue weighted by Crippen LogP contribution is 2.29. The second-order valence-corrected chi connectivity index (χ2v) is 5.42. The number of hydrogen-bond acceptors (Lipinski definition) is 5. The number of nitrogens with zero attached hydrogens (tertiary/aromatic N) is 1. The fourth-order valence-electron chi connectivity index (χ4n) is 2.23. The zero-order valence-corrected chi connectivity index (χ0v) is 12.9. The van der Waals surface area contributed by atoms with E-state index in [-0.39, 0.29) is 11.5 Å². The van der Waals surface area contributed by atoms with Crippen LogP contribution in [0.3, 0.4) is 0 Å². The number of ketones is 1. The molecule has 0 heterocycles. The van der Waals surface area contributed by atoms with Gasteiger partial charge in [-0.15, -0.1) is 0 Å². The second kappa shape index (κ2) is 7.02. The van der Waals surface area contributed by atoms with Crippen molar-refractivity contribution in [2.45, 2.75) is 26.4 Å².